The fraction of sp³-hybridized carbons (Fsp3) is 0.364. The summed E-state index contributed by atoms with van der Waals surface area (Å²) in [7, 11) is 0. The summed E-state index contributed by atoms with van der Waals surface area (Å²) in [6.45, 7) is 0.593. The number of benzene rings is 1. The van der Waals surface area contributed by atoms with Crippen LogP contribution < -0.4 is 10.8 Å². The standard InChI is InChI=1S/C11H13Cl3N2O2/c12-4-1-5-15-11(17)9-8(13)3-2-7(6-16-18)10(9)14/h2-3,16,18H,1,4-6H2,(H,15,17). The highest BCUT2D eigenvalue weighted by molar-refractivity contribution is 6.40. The molecule has 7 heteroatoms. The summed E-state index contributed by atoms with van der Waals surface area (Å²) >= 11 is 17.6. The molecule has 0 radical (unpaired) electrons. The second kappa shape index (κ2) is 7.81. The molecule has 1 aromatic carbocycles. The second-order valence-corrected chi connectivity index (χ2v) is 4.69. The Morgan fingerprint density at radius 1 is 1.33 bits per heavy atom. The van der Waals surface area contributed by atoms with Crippen LogP contribution in [0.4, 0.5) is 0 Å². The molecule has 0 aliphatic heterocycles. The van der Waals surface area contributed by atoms with Gasteiger partial charge in [0, 0.05) is 19.0 Å². The number of hydrogen-bond acceptors (Lipinski definition) is 3. The average molecular weight is 312 g/mol. The average Bonchev–Trinajstić information content (AvgIpc) is 2.33. The smallest absolute Gasteiger partial charge is 0.254 e. The molecule has 4 nitrogen and oxygen atoms in total. The summed E-state index contributed by atoms with van der Waals surface area (Å²) in [6.07, 6.45) is 0.667. The number of halogens is 3. The first kappa shape index (κ1) is 15.5. The SMILES string of the molecule is O=C(NCCCCl)c1c(Cl)ccc(CNO)c1Cl. The molecule has 0 atom stereocenters. The van der Waals surface area contributed by atoms with Crippen LogP contribution in [0.15, 0.2) is 12.1 Å². The minimum absolute atomic E-state index is 0.137. The van der Waals surface area contributed by atoms with Gasteiger partial charge in [-0.25, -0.2) is 5.48 Å². The third-order valence-corrected chi connectivity index (χ3v) is 3.28. The Kier molecular flexibility index (Phi) is 6.75. The number of nitrogens with one attached hydrogen (secondary N) is 2. The number of amides is 1. The van der Waals surface area contributed by atoms with Gasteiger partial charge in [0.15, 0.2) is 0 Å². The third-order valence-electron chi connectivity index (χ3n) is 2.26. The molecule has 0 bridgehead atoms. The number of carbonyl (C=O) groups is 1. The first-order valence-corrected chi connectivity index (χ1v) is 6.58. The van der Waals surface area contributed by atoms with E-state index in [0.717, 1.165) is 0 Å². The van der Waals surface area contributed by atoms with Crippen molar-refractivity contribution in [2.45, 2.75) is 13.0 Å². The minimum atomic E-state index is -0.352. The van der Waals surface area contributed by atoms with Crippen molar-refractivity contribution in [2.75, 3.05) is 12.4 Å². The van der Waals surface area contributed by atoms with Crippen molar-refractivity contribution in [1.29, 1.82) is 0 Å². The van der Waals surface area contributed by atoms with E-state index in [4.69, 9.17) is 40.0 Å². The van der Waals surface area contributed by atoms with Crippen LogP contribution >= 0.6 is 34.8 Å². The summed E-state index contributed by atoms with van der Waals surface area (Å²) in [5, 5.41) is 11.8. The number of carbonyl (C=O) groups excluding carboxylic acids is 1. The lowest BCUT2D eigenvalue weighted by Crippen LogP contribution is -2.25. The van der Waals surface area contributed by atoms with Crippen LogP contribution in [0.1, 0.15) is 22.3 Å². The van der Waals surface area contributed by atoms with Crippen LogP contribution in [0.3, 0.4) is 0 Å². The molecule has 0 aromatic heterocycles. The highest BCUT2D eigenvalue weighted by Gasteiger charge is 2.17. The molecule has 100 valence electrons. The fourth-order valence-electron chi connectivity index (χ4n) is 1.38. The van der Waals surface area contributed by atoms with Crippen molar-refractivity contribution in [3.05, 3.63) is 33.3 Å². The van der Waals surface area contributed by atoms with E-state index in [1.807, 2.05) is 5.48 Å². The number of rotatable bonds is 6. The molecule has 0 heterocycles. The zero-order valence-electron chi connectivity index (χ0n) is 9.47. The van der Waals surface area contributed by atoms with Gasteiger partial charge in [0.1, 0.15) is 0 Å². The van der Waals surface area contributed by atoms with Gasteiger partial charge in [-0.15, -0.1) is 11.6 Å². The highest BCUT2D eigenvalue weighted by Crippen LogP contribution is 2.28. The molecule has 1 amide bonds. The van der Waals surface area contributed by atoms with Gasteiger partial charge in [0.25, 0.3) is 5.91 Å². The van der Waals surface area contributed by atoms with Crippen LogP contribution in [0, 0.1) is 0 Å². The summed E-state index contributed by atoms with van der Waals surface area (Å²) in [6, 6.07) is 3.21. The van der Waals surface area contributed by atoms with Crippen LogP contribution in [-0.4, -0.2) is 23.5 Å². The molecule has 0 fully saturated rings. The molecule has 3 N–H and O–H groups in total. The van der Waals surface area contributed by atoms with Crippen LogP contribution in [0.25, 0.3) is 0 Å². The van der Waals surface area contributed by atoms with Crippen LogP contribution in [-0.2, 0) is 6.54 Å². The van der Waals surface area contributed by atoms with Crippen LogP contribution in [0.5, 0.6) is 0 Å². The summed E-state index contributed by atoms with van der Waals surface area (Å²) < 4.78 is 0. The van der Waals surface area contributed by atoms with Crippen molar-refractivity contribution >= 4 is 40.7 Å². The predicted octanol–water partition coefficient (Wildman–Crippen LogP) is 2.83. The normalized spacial score (nSPS) is 10.4. The van der Waals surface area contributed by atoms with E-state index in [1.165, 1.54) is 0 Å². The first-order valence-electron chi connectivity index (χ1n) is 5.29. The molecule has 1 aromatic rings. The lowest BCUT2D eigenvalue weighted by Gasteiger charge is -2.11. The maximum Gasteiger partial charge on any atom is 0.254 e. The van der Waals surface area contributed by atoms with Gasteiger partial charge >= 0.3 is 0 Å². The maximum atomic E-state index is 11.9. The van der Waals surface area contributed by atoms with E-state index in [2.05, 4.69) is 5.32 Å². The Bertz CT molecular complexity index is 427. The van der Waals surface area contributed by atoms with Crippen molar-refractivity contribution in [1.82, 2.24) is 10.8 Å². The Morgan fingerprint density at radius 2 is 2.06 bits per heavy atom. The van der Waals surface area contributed by atoms with Gasteiger partial charge in [0.05, 0.1) is 15.6 Å². The van der Waals surface area contributed by atoms with Gasteiger partial charge in [-0.2, -0.15) is 0 Å². The summed E-state index contributed by atoms with van der Waals surface area (Å²) in [4.78, 5) is 11.9. The van der Waals surface area contributed by atoms with E-state index in [-0.39, 0.29) is 28.1 Å². The van der Waals surface area contributed by atoms with Gasteiger partial charge in [-0.1, -0.05) is 29.3 Å². The van der Waals surface area contributed by atoms with Crippen molar-refractivity contribution in [3.63, 3.8) is 0 Å². The summed E-state index contributed by atoms with van der Waals surface area (Å²) in [5.74, 6) is 0.117. The minimum Gasteiger partial charge on any atom is -0.352 e. The summed E-state index contributed by atoms with van der Waals surface area (Å²) in [5.41, 5.74) is 2.78. The monoisotopic (exact) mass is 310 g/mol. The Labute approximate surface area is 120 Å². The van der Waals surface area contributed by atoms with Gasteiger partial charge in [-0.05, 0) is 18.1 Å². The predicted molar refractivity (Wildman–Crippen MR) is 72.8 cm³/mol. The molecule has 18 heavy (non-hydrogen) atoms. The molecule has 0 unspecified atom stereocenters. The maximum absolute atomic E-state index is 11.9. The molecular formula is C11H13Cl3N2O2. The molecule has 0 spiro atoms. The Balaban J connectivity index is 2.92. The molecule has 0 aliphatic carbocycles. The molecule has 1 rings (SSSR count). The van der Waals surface area contributed by atoms with Crippen LogP contribution in [0.2, 0.25) is 10.0 Å². The molecule has 0 aliphatic rings. The fourth-order valence-corrected chi connectivity index (χ4v) is 2.13. The van der Waals surface area contributed by atoms with Crippen molar-refractivity contribution in [3.8, 4) is 0 Å². The molecule has 0 saturated carbocycles. The van der Waals surface area contributed by atoms with E-state index in [9.17, 15) is 4.79 Å². The third kappa shape index (κ3) is 4.00. The van der Waals surface area contributed by atoms with Gasteiger partial charge < -0.3 is 10.5 Å². The molecule has 0 saturated heterocycles. The topological polar surface area (TPSA) is 61.4 Å². The number of alkyl halides is 1. The van der Waals surface area contributed by atoms with E-state index < -0.39 is 0 Å². The van der Waals surface area contributed by atoms with Crippen molar-refractivity contribution in [2.24, 2.45) is 0 Å². The van der Waals surface area contributed by atoms with Crippen molar-refractivity contribution < 1.29 is 10.0 Å². The van der Waals surface area contributed by atoms with Gasteiger partial charge in [0.2, 0.25) is 0 Å². The largest absolute Gasteiger partial charge is 0.352 e. The molecular weight excluding hydrogens is 298 g/mol. The van der Waals surface area contributed by atoms with Gasteiger partial charge in [-0.3, -0.25) is 4.79 Å². The first-order chi connectivity index (χ1) is 8.61. The number of hydroxylamine groups is 1. The quantitative estimate of drug-likeness (QED) is 0.430. The Hall–Kier alpha value is -0.520. The number of hydrogen-bond donors (Lipinski definition) is 3. The highest BCUT2D eigenvalue weighted by atomic mass is 35.5. The second-order valence-electron chi connectivity index (χ2n) is 3.53. The van der Waals surface area contributed by atoms with E-state index in [1.54, 1.807) is 12.1 Å². The zero-order chi connectivity index (χ0) is 13.5. The lowest BCUT2D eigenvalue weighted by atomic mass is 10.1. The Morgan fingerprint density at radius 3 is 2.67 bits per heavy atom. The zero-order valence-corrected chi connectivity index (χ0v) is 11.7. The van der Waals surface area contributed by atoms with E-state index in [0.29, 0.717) is 24.4 Å². The lowest BCUT2D eigenvalue weighted by molar-refractivity contribution is 0.0953. The van der Waals surface area contributed by atoms with E-state index >= 15 is 0 Å².